The number of amides is 2. The van der Waals surface area contributed by atoms with Crippen molar-refractivity contribution in [1.82, 2.24) is 15.1 Å². The van der Waals surface area contributed by atoms with Gasteiger partial charge >= 0.3 is 0 Å². The summed E-state index contributed by atoms with van der Waals surface area (Å²) in [6.07, 6.45) is 4.05. The van der Waals surface area contributed by atoms with E-state index in [0.717, 1.165) is 32.2 Å². The lowest BCUT2D eigenvalue weighted by molar-refractivity contribution is -0.154. The molecule has 0 radical (unpaired) electrons. The molecule has 0 spiro atoms. The van der Waals surface area contributed by atoms with E-state index in [1.807, 2.05) is 11.8 Å². The first-order chi connectivity index (χ1) is 9.41. The SMILES string of the molecule is CC1CC(N2CC(=O)NC(C)(C3CC3)C2=O)CCN1C. The van der Waals surface area contributed by atoms with Crippen molar-refractivity contribution in [1.29, 1.82) is 0 Å². The summed E-state index contributed by atoms with van der Waals surface area (Å²) >= 11 is 0. The summed E-state index contributed by atoms with van der Waals surface area (Å²) in [5.41, 5.74) is -0.651. The highest BCUT2D eigenvalue weighted by Gasteiger charge is 2.53. The highest BCUT2D eigenvalue weighted by molar-refractivity contribution is 5.98. The van der Waals surface area contributed by atoms with Crippen molar-refractivity contribution in [3.05, 3.63) is 0 Å². The largest absolute Gasteiger partial charge is 0.340 e. The summed E-state index contributed by atoms with van der Waals surface area (Å²) in [7, 11) is 2.12. The molecule has 0 aromatic rings. The van der Waals surface area contributed by atoms with Gasteiger partial charge in [0.1, 0.15) is 5.54 Å². The molecule has 1 saturated carbocycles. The highest BCUT2D eigenvalue weighted by atomic mass is 16.2. The van der Waals surface area contributed by atoms with Gasteiger partial charge in [-0.15, -0.1) is 0 Å². The van der Waals surface area contributed by atoms with Gasteiger partial charge in [-0.2, -0.15) is 0 Å². The number of carbonyl (C=O) groups is 2. The Hall–Kier alpha value is -1.10. The fraction of sp³-hybridized carbons (Fsp3) is 0.867. The predicted octanol–water partition coefficient (Wildman–Crippen LogP) is 0.596. The van der Waals surface area contributed by atoms with Crippen LogP contribution in [0.15, 0.2) is 0 Å². The molecule has 3 unspecified atom stereocenters. The highest BCUT2D eigenvalue weighted by Crippen LogP contribution is 2.42. The summed E-state index contributed by atoms with van der Waals surface area (Å²) in [6, 6.07) is 0.691. The number of piperidine rings is 1. The van der Waals surface area contributed by atoms with Gasteiger partial charge in [0.15, 0.2) is 0 Å². The molecule has 3 atom stereocenters. The summed E-state index contributed by atoms with van der Waals surface area (Å²) in [5, 5.41) is 2.95. The molecule has 2 heterocycles. The second-order valence-corrected chi connectivity index (χ2v) is 6.97. The third-order valence-corrected chi connectivity index (χ3v) is 5.43. The van der Waals surface area contributed by atoms with Crippen LogP contribution >= 0.6 is 0 Å². The van der Waals surface area contributed by atoms with Crippen LogP contribution in [0.3, 0.4) is 0 Å². The van der Waals surface area contributed by atoms with Crippen LogP contribution in [0.2, 0.25) is 0 Å². The number of nitrogens with zero attached hydrogens (tertiary/aromatic N) is 2. The number of nitrogens with one attached hydrogen (secondary N) is 1. The van der Waals surface area contributed by atoms with Crippen molar-refractivity contribution in [2.75, 3.05) is 20.1 Å². The van der Waals surface area contributed by atoms with Crippen molar-refractivity contribution in [2.45, 2.75) is 57.2 Å². The molecule has 2 saturated heterocycles. The van der Waals surface area contributed by atoms with E-state index in [2.05, 4.69) is 24.2 Å². The van der Waals surface area contributed by atoms with E-state index in [-0.39, 0.29) is 24.4 Å². The average Bonchev–Trinajstić information content (AvgIpc) is 3.22. The molecule has 0 aromatic heterocycles. The third kappa shape index (κ3) is 2.22. The Bertz CT molecular complexity index is 435. The molecule has 112 valence electrons. The summed E-state index contributed by atoms with van der Waals surface area (Å²) in [6.45, 7) is 5.34. The Balaban J connectivity index is 1.78. The van der Waals surface area contributed by atoms with Gasteiger partial charge in [-0.25, -0.2) is 0 Å². The van der Waals surface area contributed by atoms with Crippen molar-refractivity contribution in [3.8, 4) is 0 Å². The second kappa shape index (κ2) is 4.72. The van der Waals surface area contributed by atoms with Crippen LogP contribution in [0.1, 0.15) is 39.5 Å². The molecule has 3 aliphatic rings. The standard InChI is InChI=1S/C15H25N3O2/c1-10-8-12(6-7-17(10)3)18-9-13(19)16-15(2,14(18)20)11-4-5-11/h10-12H,4-9H2,1-3H3,(H,16,19). The van der Waals surface area contributed by atoms with Gasteiger partial charge in [0.2, 0.25) is 11.8 Å². The van der Waals surface area contributed by atoms with E-state index in [0.29, 0.717) is 12.0 Å². The Morgan fingerprint density at radius 3 is 2.55 bits per heavy atom. The van der Waals surface area contributed by atoms with Crippen LogP contribution in [0.5, 0.6) is 0 Å². The lowest BCUT2D eigenvalue weighted by Gasteiger charge is -2.46. The van der Waals surface area contributed by atoms with Crippen molar-refractivity contribution in [3.63, 3.8) is 0 Å². The minimum absolute atomic E-state index is 0.00517. The minimum atomic E-state index is -0.651. The number of likely N-dealkylation sites (tertiary alicyclic amines) is 1. The summed E-state index contributed by atoms with van der Waals surface area (Å²) < 4.78 is 0. The third-order valence-electron chi connectivity index (χ3n) is 5.43. The molecular weight excluding hydrogens is 254 g/mol. The van der Waals surface area contributed by atoms with E-state index in [1.165, 1.54) is 0 Å². The smallest absolute Gasteiger partial charge is 0.249 e. The molecule has 20 heavy (non-hydrogen) atoms. The van der Waals surface area contributed by atoms with Crippen LogP contribution in [-0.2, 0) is 9.59 Å². The van der Waals surface area contributed by atoms with Crippen LogP contribution in [0, 0.1) is 5.92 Å². The van der Waals surface area contributed by atoms with Gasteiger partial charge in [-0.3, -0.25) is 9.59 Å². The van der Waals surface area contributed by atoms with Gasteiger partial charge in [-0.05, 0) is 52.5 Å². The predicted molar refractivity (Wildman–Crippen MR) is 76.1 cm³/mol. The van der Waals surface area contributed by atoms with Gasteiger partial charge in [0.25, 0.3) is 0 Å². The molecule has 5 nitrogen and oxygen atoms in total. The van der Waals surface area contributed by atoms with E-state index < -0.39 is 5.54 Å². The van der Waals surface area contributed by atoms with Crippen molar-refractivity contribution < 1.29 is 9.59 Å². The Kier molecular flexibility index (Phi) is 3.27. The number of hydrogen-bond donors (Lipinski definition) is 1. The van der Waals surface area contributed by atoms with Crippen molar-refractivity contribution in [2.24, 2.45) is 5.92 Å². The molecule has 0 bridgehead atoms. The Labute approximate surface area is 120 Å². The number of piperazine rings is 1. The molecule has 1 aliphatic carbocycles. The maximum absolute atomic E-state index is 12.9. The van der Waals surface area contributed by atoms with Gasteiger partial charge in [0.05, 0.1) is 6.54 Å². The van der Waals surface area contributed by atoms with E-state index in [1.54, 1.807) is 0 Å². The summed E-state index contributed by atoms with van der Waals surface area (Å²) in [5.74, 6) is 0.484. The fourth-order valence-corrected chi connectivity index (χ4v) is 3.69. The van der Waals surface area contributed by atoms with Gasteiger partial charge in [0, 0.05) is 18.6 Å². The number of carbonyl (C=O) groups excluding carboxylic acids is 2. The van der Waals surface area contributed by atoms with Gasteiger partial charge in [-0.1, -0.05) is 0 Å². The van der Waals surface area contributed by atoms with E-state index in [4.69, 9.17) is 0 Å². The average molecular weight is 279 g/mol. The Morgan fingerprint density at radius 2 is 1.95 bits per heavy atom. The fourth-order valence-electron chi connectivity index (χ4n) is 3.69. The first-order valence-electron chi connectivity index (χ1n) is 7.74. The molecule has 2 amide bonds. The molecule has 2 aliphatic heterocycles. The second-order valence-electron chi connectivity index (χ2n) is 6.97. The first-order valence-corrected chi connectivity index (χ1v) is 7.74. The normalized spacial score (nSPS) is 39.9. The molecule has 0 aromatic carbocycles. The van der Waals surface area contributed by atoms with Crippen LogP contribution in [0.25, 0.3) is 0 Å². The van der Waals surface area contributed by atoms with Crippen LogP contribution in [0.4, 0.5) is 0 Å². The first kappa shape index (κ1) is 13.9. The van der Waals surface area contributed by atoms with Crippen LogP contribution < -0.4 is 5.32 Å². The molecule has 3 rings (SSSR count). The lowest BCUT2D eigenvalue weighted by atomic mass is 9.88. The number of hydrogen-bond acceptors (Lipinski definition) is 3. The number of rotatable bonds is 2. The maximum atomic E-state index is 12.9. The van der Waals surface area contributed by atoms with E-state index in [9.17, 15) is 9.59 Å². The minimum Gasteiger partial charge on any atom is -0.340 e. The zero-order valence-corrected chi connectivity index (χ0v) is 12.7. The zero-order chi connectivity index (χ0) is 14.5. The molecule has 3 fully saturated rings. The summed E-state index contributed by atoms with van der Waals surface area (Å²) in [4.78, 5) is 29.1. The van der Waals surface area contributed by atoms with Crippen LogP contribution in [-0.4, -0.2) is 59.4 Å². The quantitative estimate of drug-likeness (QED) is 0.805. The molecule has 1 N–H and O–H groups in total. The molecular formula is C15H25N3O2. The van der Waals surface area contributed by atoms with E-state index >= 15 is 0 Å². The maximum Gasteiger partial charge on any atom is 0.249 e. The zero-order valence-electron chi connectivity index (χ0n) is 12.7. The monoisotopic (exact) mass is 279 g/mol. The Morgan fingerprint density at radius 1 is 1.25 bits per heavy atom. The lowest BCUT2D eigenvalue weighted by Crippen LogP contribution is -2.69. The molecule has 5 heteroatoms. The topological polar surface area (TPSA) is 52.7 Å². The van der Waals surface area contributed by atoms with Crippen molar-refractivity contribution >= 4 is 11.8 Å². The van der Waals surface area contributed by atoms with Gasteiger partial charge < -0.3 is 15.1 Å².